The van der Waals surface area contributed by atoms with Crippen LogP contribution in [0.5, 0.6) is 0 Å². The molecule has 25 heavy (non-hydrogen) atoms. The fourth-order valence-electron chi connectivity index (χ4n) is 3.10. The van der Waals surface area contributed by atoms with E-state index in [1.807, 2.05) is 33.7 Å². The first-order chi connectivity index (χ1) is 12.1. The summed E-state index contributed by atoms with van der Waals surface area (Å²) in [6.07, 6.45) is 1.87. The molecule has 0 bridgehead atoms. The molecule has 2 aromatic heterocycles. The van der Waals surface area contributed by atoms with Crippen LogP contribution >= 0.6 is 0 Å². The van der Waals surface area contributed by atoms with Crippen molar-refractivity contribution in [3.63, 3.8) is 0 Å². The molecule has 0 aliphatic carbocycles. The number of hydrogen-bond donors (Lipinski definition) is 1. The number of anilines is 1. The van der Waals surface area contributed by atoms with E-state index >= 15 is 0 Å². The number of nitrogens with one attached hydrogen (secondary N) is 1. The van der Waals surface area contributed by atoms with Gasteiger partial charge in [-0.1, -0.05) is 0 Å². The van der Waals surface area contributed by atoms with Crippen LogP contribution in [0.15, 0.2) is 30.5 Å². The highest BCUT2D eigenvalue weighted by Gasteiger charge is 2.20. The standard InChI is InChI=1S/C18H24N4O3/c1-14(23)20-8-10-21(11-9-20)17-6-5-16-4-3-15(13-22(16)17)18(24)19-7-12-25-2/h3-6,13H,7-12H2,1-2H3,(H,19,24). The Kier molecular flexibility index (Phi) is 5.23. The van der Waals surface area contributed by atoms with Crippen LogP contribution < -0.4 is 10.2 Å². The first-order valence-corrected chi connectivity index (χ1v) is 8.49. The van der Waals surface area contributed by atoms with E-state index in [1.165, 1.54) is 0 Å². The molecule has 1 fully saturated rings. The Bertz CT molecular complexity index is 763. The number of piperazine rings is 1. The Hall–Kier alpha value is -2.54. The molecule has 1 saturated heterocycles. The zero-order valence-electron chi connectivity index (χ0n) is 14.7. The highest BCUT2D eigenvalue weighted by molar-refractivity contribution is 5.94. The van der Waals surface area contributed by atoms with E-state index in [4.69, 9.17) is 4.74 Å². The van der Waals surface area contributed by atoms with Gasteiger partial charge in [0.1, 0.15) is 5.82 Å². The molecule has 0 saturated carbocycles. The van der Waals surface area contributed by atoms with E-state index in [-0.39, 0.29) is 11.8 Å². The molecule has 3 rings (SSSR count). The van der Waals surface area contributed by atoms with Crippen LogP contribution in [0.1, 0.15) is 17.3 Å². The highest BCUT2D eigenvalue weighted by Crippen LogP contribution is 2.22. The van der Waals surface area contributed by atoms with Crippen molar-refractivity contribution >= 4 is 23.1 Å². The molecule has 0 aromatic carbocycles. The number of nitrogens with zero attached hydrogens (tertiary/aromatic N) is 3. The largest absolute Gasteiger partial charge is 0.383 e. The number of aromatic nitrogens is 1. The van der Waals surface area contributed by atoms with Crippen LogP contribution in [0, 0.1) is 0 Å². The van der Waals surface area contributed by atoms with Gasteiger partial charge in [-0.2, -0.15) is 0 Å². The smallest absolute Gasteiger partial charge is 0.252 e. The van der Waals surface area contributed by atoms with Crippen molar-refractivity contribution < 1.29 is 14.3 Å². The van der Waals surface area contributed by atoms with E-state index in [2.05, 4.69) is 16.3 Å². The van der Waals surface area contributed by atoms with Gasteiger partial charge in [0.15, 0.2) is 0 Å². The number of methoxy groups -OCH3 is 1. The molecule has 3 heterocycles. The van der Waals surface area contributed by atoms with Gasteiger partial charge in [-0.15, -0.1) is 0 Å². The Morgan fingerprint density at radius 3 is 2.52 bits per heavy atom. The molecule has 0 radical (unpaired) electrons. The summed E-state index contributed by atoms with van der Waals surface area (Å²) in [7, 11) is 1.61. The number of hydrogen-bond acceptors (Lipinski definition) is 4. The third-order valence-corrected chi connectivity index (χ3v) is 4.53. The van der Waals surface area contributed by atoms with Crippen molar-refractivity contribution in [3.05, 3.63) is 36.0 Å². The van der Waals surface area contributed by atoms with Gasteiger partial charge in [-0.25, -0.2) is 0 Å². The van der Waals surface area contributed by atoms with Gasteiger partial charge < -0.3 is 24.3 Å². The number of carbonyl (C=O) groups excluding carboxylic acids is 2. The van der Waals surface area contributed by atoms with Crippen LogP contribution in [0.4, 0.5) is 5.82 Å². The van der Waals surface area contributed by atoms with Crippen molar-refractivity contribution in [2.45, 2.75) is 6.92 Å². The topological polar surface area (TPSA) is 66.3 Å². The second kappa shape index (κ2) is 7.57. The van der Waals surface area contributed by atoms with Crippen molar-refractivity contribution in [1.82, 2.24) is 14.6 Å². The minimum Gasteiger partial charge on any atom is -0.383 e. The van der Waals surface area contributed by atoms with E-state index in [9.17, 15) is 9.59 Å². The van der Waals surface area contributed by atoms with Gasteiger partial charge in [-0.3, -0.25) is 9.59 Å². The third-order valence-electron chi connectivity index (χ3n) is 4.53. The molecule has 2 amide bonds. The fourth-order valence-corrected chi connectivity index (χ4v) is 3.10. The quantitative estimate of drug-likeness (QED) is 0.822. The number of ether oxygens (including phenoxy) is 1. The van der Waals surface area contributed by atoms with Gasteiger partial charge in [0.05, 0.1) is 12.2 Å². The average molecular weight is 344 g/mol. The van der Waals surface area contributed by atoms with E-state index < -0.39 is 0 Å². The van der Waals surface area contributed by atoms with Crippen LogP contribution in [0.25, 0.3) is 5.52 Å². The molecule has 134 valence electrons. The number of pyridine rings is 1. The second-order valence-electron chi connectivity index (χ2n) is 6.15. The van der Waals surface area contributed by atoms with E-state index in [1.54, 1.807) is 14.0 Å². The minimum absolute atomic E-state index is 0.111. The maximum absolute atomic E-state index is 12.3. The van der Waals surface area contributed by atoms with Crippen LogP contribution in [-0.4, -0.2) is 67.6 Å². The number of rotatable bonds is 5. The summed E-state index contributed by atoms with van der Waals surface area (Å²) < 4.78 is 6.99. The summed E-state index contributed by atoms with van der Waals surface area (Å²) in [6.45, 7) is 5.60. The number of amides is 2. The van der Waals surface area contributed by atoms with E-state index in [0.717, 1.165) is 37.5 Å². The molecule has 1 aliphatic rings. The molecule has 7 heteroatoms. The van der Waals surface area contributed by atoms with Crippen LogP contribution in [0.2, 0.25) is 0 Å². The molecule has 1 N–H and O–H groups in total. The maximum Gasteiger partial charge on any atom is 0.252 e. The van der Waals surface area contributed by atoms with Gasteiger partial charge in [0.2, 0.25) is 5.91 Å². The molecule has 0 spiro atoms. The highest BCUT2D eigenvalue weighted by atomic mass is 16.5. The first-order valence-electron chi connectivity index (χ1n) is 8.49. The molecular formula is C18H24N4O3. The molecule has 2 aromatic rings. The summed E-state index contributed by atoms with van der Waals surface area (Å²) in [5.74, 6) is 1.06. The third kappa shape index (κ3) is 3.76. The normalized spacial score (nSPS) is 14.8. The lowest BCUT2D eigenvalue weighted by Crippen LogP contribution is -2.48. The van der Waals surface area contributed by atoms with Gasteiger partial charge in [-0.05, 0) is 24.3 Å². The Labute approximate surface area is 147 Å². The maximum atomic E-state index is 12.3. The van der Waals surface area contributed by atoms with Crippen molar-refractivity contribution in [2.75, 3.05) is 51.3 Å². The van der Waals surface area contributed by atoms with Gasteiger partial charge >= 0.3 is 0 Å². The number of fused-ring (bicyclic) bond motifs is 1. The SMILES string of the molecule is COCCNC(=O)c1ccc2ccc(N3CCN(C(C)=O)CC3)n2c1. The second-order valence-corrected chi connectivity index (χ2v) is 6.15. The summed E-state index contributed by atoms with van der Waals surface area (Å²) in [6, 6.07) is 7.88. The van der Waals surface area contributed by atoms with Crippen molar-refractivity contribution in [3.8, 4) is 0 Å². The minimum atomic E-state index is -0.111. The van der Waals surface area contributed by atoms with Gasteiger partial charge in [0, 0.05) is 58.5 Å². The summed E-state index contributed by atoms with van der Waals surface area (Å²) in [5.41, 5.74) is 1.65. The monoisotopic (exact) mass is 344 g/mol. The number of carbonyl (C=O) groups is 2. The molecule has 1 aliphatic heterocycles. The summed E-state index contributed by atoms with van der Waals surface area (Å²) >= 11 is 0. The first kappa shape index (κ1) is 17.3. The lowest BCUT2D eigenvalue weighted by molar-refractivity contribution is -0.129. The Morgan fingerprint density at radius 2 is 1.84 bits per heavy atom. The summed E-state index contributed by atoms with van der Waals surface area (Å²) in [5, 5.41) is 2.84. The Balaban J connectivity index is 1.77. The predicted octanol–water partition coefficient (Wildman–Crippen LogP) is 0.984. The molecule has 0 atom stereocenters. The lowest BCUT2D eigenvalue weighted by Gasteiger charge is -2.35. The zero-order valence-corrected chi connectivity index (χ0v) is 14.7. The molecular weight excluding hydrogens is 320 g/mol. The molecule has 0 unspecified atom stereocenters. The fraction of sp³-hybridized carbons (Fsp3) is 0.444. The van der Waals surface area contributed by atoms with E-state index in [0.29, 0.717) is 18.7 Å². The lowest BCUT2D eigenvalue weighted by atomic mass is 10.2. The average Bonchev–Trinajstić information content (AvgIpc) is 3.05. The van der Waals surface area contributed by atoms with Crippen molar-refractivity contribution in [1.29, 1.82) is 0 Å². The van der Waals surface area contributed by atoms with Crippen LogP contribution in [0.3, 0.4) is 0 Å². The van der Waals surface area contributed by atoms with Crippen LogP contribution in [-0.2, 0) is 9.53 Å². The summed E-state index contributed by atoms with van der Waals surface area (Å²) in [4.78, 5) is 27.8. The predicted molar refractivity (Wildman–Crippen MR) is 96.1 cm³/mol. The van der Waals surface area contributed by atoms with Gasteiger partial charge in [0.25, 0.3) is 5.91 Å². The Morgan fingerprint density at radius 1 is 1.12 bits per heavy atom. The zero-order chi connectivity index (χ0) is 17.8. The van der Waals surface area contributed by atoms with Crippen molar-refractivity contribution in [2.24, 2.45) is 0 Å². The molecule has 7 nitrogen and oxygen atoms in total.